The van der Waals surface area contributed by atoms with Crippen molar-refractivity contribution < 1.29 is 14.2 Å². The van der Waals surface area contributed by atoms with Gasteiger partial charge in [0.1, 0.15) is 5.82 Å². The van der Waals surface area contributed by atoms with Gasteiger partial charge in [-0.15, -0.1) is 0 Å². The van der Waals surface area contributed by atoms with Gasteiger partial charge in [-0.1, -0.05) is 24.3 Å². The molecule has 0 aliphatic carbocycles. The van der Waals surface area contributed by atoms with Gasteiger partial charge in [-0.2, -0.15) is 4.98 Å². The van der Waals surface area contributed by atoms with E-state index in [1.807, 2.05) is 12.1 Å². The highest BCUT2D eigenvalue weighted by Crippen LogP contribution is 2.36. The van der Waals surface area contributed by atoms with Crippen molar-refractivity contribution in [3.05, 3.63) is 71.8 Å². The molecule has 6 rings (SSSR count). The highest BCUT2D eigenvalue weighted by Gasteiger charge is 2.21. The van der Waals surface area contributed by atoms with Gasteiger partial charge < -0.3 is 29.3 Å². The van der Waals surface area contributed by atoms with E-state index in [0.29, 0.717) is 17.4 Å². The summed E-state index contributed by atoms with van der Waals surface area (Å²) in [6, 6.07) is 20.9. The van der Waals surface area contributed by atoms with E-state index in [1.54, 1.807) is 14.2 Å². The normalized spacial score (nSPS) is 15.4. The van der Waals surface area contributed by atoms with E-state index >= 15 is 0 Å². The molecule has 37 heavy (non-hydrogen) atoms. The van der Waals surface area contributed by atoms with Gasteiger partial charge in [-0.05, 0) is 47.9 Å². The van der Waals surface area contributed by atoms with Crippen molar-refractivity contribution in [1.82, 2.24) is 9.97 Å². The molecule has 3 heterocycles. The number of morpholine rings is 1. The largest absolute Gasteiger partial charge is 0.493 e. The number of nitrogens with zero attached hydrogens (tertiary/aromatic N) is 4. The van der Waals surface area contributed by atoms with Crippen molar-refractivity contribution in [2.75, 3.05) is 62.2 Å². The van der Waals surface area contributed by atoms with Gasteiger partial charge in [0.25, 0.3) is 0 Å². The molecule has 2 aliphatic rings. The van der Waals surface area contributed by atoms with Crippen LogP contribution in [0.15, 0.2) is 60.7 Å². The van der Waals surface area contributed by atoms with E-state index in [1.165, 1.54) is 16.8 Å². The highest BCUT2D eigenvalue weighted by atomic mass is 16.5. The summed E-state index contributed by atoms with van der Waals surface area (Å²) >= 11 is 0. The van der Waals surface area contributed by atoms with Gasteiger partial charge in [0.05, 0.1) is 33.0 Å². The summed E-state index contributed by atoms with van der Waals surface area (Å²) in [7, 11) is 3.28. The second-order valence-electron chi connectivity index (χ2n) is 9.31. The van der Waals surface area contributed by atoms with Crippen molar-refractivity contribution in [3.63, 3.8) is 0 Å². The first kappa shape index (κ1) is 23.4. The van der Waals surface area contributed by atoms with E-state index in [2.05, 4.69) is 63.6 Å². The number of benzene rings is 3. The first-order chi connectivity index (χ1) is 18.2. The van der Waals surface area contributed by atoms with Gasteiger partial charge in [-0.25, -0.2) is 4.98 Å². The zero-order valence-corrected chi connectivity index (χ0v) is 21.2. The summed E-state index contributed by atoms with van der Waals surface area (Å²) in [5, 5.41) is 4.42. The predicted octanol–water partition coefficient (Wildman–Crippen LogP) is 4.79. The number of ether oxygens (including phenoxy) is 3. The summed E-state index contributed by atoms with van der Waals surface area (Å²) < 4.78 is 16.6. The SMILES string of the molecule is COc1cc2nc(N3CCc4ccccc4C3)nc(Nc3ccc(N4CCOCC4)cc3)c2cc1OC. The highest BCUT2D eigenvalue weighted by molar-refractivity contribution is 5.94. The van der Waals surface area contributed by atoms with Crippen LogP contribution in [0.1, 0.15) is 11.1 Å². The van der Waals surface area contributed by atoms with Crippen molar-refractivity contribution >= 4 is 34.0 Å². The van der Waals surface area contributed by atoms with Crippen molar-refractivity contribution in [2.24, 2.45) is 0 Å². The molecule has 8 heteroatoms. The Hall–Kier alpha value is -4.04. The summed E-state index contributed by atoms with van der Waals surface area (Å²) in [5.41, 5.74) is 5.67. The molecule has 0 spiro atoms. The lowest BCUT2D eigenvalue weighted by molar-refractivity contribution is 0.122. The van der Waals surface area contributed by atoms with E-state index in [-0.39, 0.29) is 0 Å². The van der Waals surface area contributed by atoms with Crippen LogP contribution in [0.4, 0.5) is 23.1 Å². The van der Waals surface area contributed by atoms with Crippen molar-refractivity contribution in [3.8, 4) is 11.5 Å². The molecule has 0 unspecified atom stereocenters. The maximum atomic E-state index is 5.58. The summed E-state index contributed by atoms with van der Waals surface area (Å²) in [6.45, 7) is 5.00. The standard InChI is InChI=1S/C29H31N5O3/c1-35-26-17-24-25(18-27(26)36-2)31-29(34-12-11-20-5-3-4-6-21(20)19-34)32-28(24)30-22-7-9-23(10-8-22)33-13-15-37-16-14-33/h3-10,17-18H,11-16,19H2,1-2H3,(H,30,31,32). The number of anilines is 4. The third-order valence-corrected chi connectivity index (χ3v) is 7.11. The quantitative estimate of drug-likeness (QED) is 0.408. The minimum Gasteiger partial charge on any atom is -0.493 e. The number of rotatable bonds is 6. The number of methoxy groups -OCH3 is 2. The van der Waals surface area contributed by atoms with Gasteiger partial charge in [0.2, 0.25) is 5.95 Å². The van der Waals surface area contributed by atoms with E-state index in [0.717, 1.165) is 68.2 Å². The molecule has 0 atom stereocenters. The third-order valence-electron chi connectivity index (χ3n) is 7.11. The van der Waals surface area contributed by atoms with E-state index in [9.17, 15) is 0 Å². The summed E-state index contributed by atoms with van der Waals surface area (Å²) in [4.78, 5) is 14.6. The zero-order chi connectivity index (χ0) is 25.2. The maximum absolute atomic E-state index is 5.58. The Balaban J connectivity index is 1.37. The summed E-state index contributed by atoms with van der Waals surface area (Å²) in [5.74, 6) is 2.72. The zero-order valence-electron chi connectivity index (χ0n) is 21.2. The number of hydrogen-bond acceptors (Lipinski definition) is 8. The minimum atomic E-state index is 0.643. The Morgan fingerprint density at radius 1 is 0.811 bits per heavy atom. The Morgan fingerprint density at radius 3 is 2.30 bits per heavy atom. The molecule has 1 saturated heterocycles. The third kappa shape index (κ3) is 4.72. The minimum absolute atomic E-state index is 0.643. The number of nitrogens with one attached hydrogen (secondary N) is 1. The van der Waals surface area contributed by atoms with E-state index < -0.39 is 0 Å². The van der Waals surface area contributed by atoms with Gasteiger partial charge in [0, 0.05) is 49.0 Å². The first-order valence-corrected chi connectivity index (χ1v) is 12.7. The van der Waals surface area contributed by atoms with Gasteiger partial charge in [-0.3, -0.25) is 0 Å². The van der Waals surface area contributed by atoms with Crippen LogP contribution in [0.5, 0.6) is 11.5 Å². The lowest BCUT2D eigenvalue weighted by Gasteiger charge is -2.29. The number of aromatic nitrogens is 2. The lowest BCUT2D eigenvalue weighted by atomic mass is 10.0. The molecule has 8 nitrogen and oxygen atoms in total. The maximum Gasteiger partial charge on any atom is 0.228 e. The molecule has 1 aromatic heterocycles. The molecule has 1 N–H and O–H groups in total. The topological polar surface area (TPSA) is 72.0 Å². The Labute approximate surface area is 216 Å². The van der Waals surface area contributed by atoms with Crippen LogP contribution in [0.2, 0.25) is 0 Å². The molecule has 3 aromatic carbocycles. The van der Waals surface area contributed by atoms with Crippen LogP contribution in [0, 0.1) is 0 Å². The van der Waals surface area contributed by atoms with Crippen LogP contribution in [0.25, 0.3) is 10.9 Å². The molecule has 190 valence electrons. The Morgan fingerprint density at radius 2 is 1.54 bits per heavy atom. The van der Waals surface area contributed by atoms with Crippen LogP contribution >= 0.6 is 0 Å². The van der Waals surface area contributed by atoms with Gasteiger partial charge >= 0.3 is 0 Å². The molecule has 0 amide bonds. The van der Waals surface area contributed by atoms with Crippen molar-refractivity contribution in [1.29, 1.82) is 0 Å². The van der Waals surface area contributed by atoms with Crippen LogP contribution in [-0.4, -0.2) is 57.0 Å². The second kappa shape index (κ2) is 10.1. The average molecular weight is 498 g/mol. The molecule has 0 radical (unpaired) electrons. The Kier molecular flexibility index (Phi) is 6.40. The smallest absolute Gasteiger partial charge is 0.228 e. The Bertz CT molecular complexity index is 1400. The molecule has 1 fully saturated rings. The van der Waals surface area contributed by atoms with Crippen LogP contribution in [0.3, 0.4) is 0 Å². The average Bonchev–Trinajstić information content (AvgIpc) is 2.97. The fourth-order valence-electron chi connectivity index (χ4n) is 5.06. The van der Waals surface area contributed by atoms with Crippen molar-refractivity contribution in [2.45, 2.75) is 13.0 Å². The fourth-order valence-corrected chi connectivity index (χ4v) is 5.06. The summed E-state index contributed by atoms with van der Waals surface area (Å²) in [6.07, 6.45) is 0.968. The first-order valence-electron chi connectivity index (χ1n) is 12.7. The molecular weight excluding hydrogens is 466 g/mol. The number of hydrogen-bond donors (Lipinski definition) is 1. The second-order valence-corrected chi connectivity index (χ2v) is 9.31. The molecule has 4 aromatic rings. The monoisotopic (exact) mass is 497 g/mol. The molecule has 0 saturated carbocycles. The van der Waals surface area contributed by atoms with Gasteiger partial charge in [0.15, 0.2) is 11.5 Å². The van der Waals surface area contributed by atoms with Crippen LogP contribution in [-0.2, 0) is 17.7 Å². The molecule has 2 aliphatic heterocycles. The predicted molar refractivity (Wildman–Crippen MR) is 147 cm³/mol. The van der Waals surface area contributed by atoms with Crippen LogP contribution < -0.4 is 24.6 Å². The molecular formula is C29H31N5O3. The molecule has 0 bridgehead atoms. The number of fused-ring (bicyclic) bond motifs is 2. The fraction of sp³-hybridized carbons (Fsp3) is 0.310. The lowest BCUT2D eigenvalue weighted by Crippen LogP contribution is -2.36. The van der Waals surface area contributed by atoms with E-state index in [4.69, 9.17) is 24.2 Å².